The Labute approximate surface area is 133 Å². The number of rotatable bonds is 3. The van der Waals surface area contributed by atoms with E-state index in [-0.39, 0.29) is 6.04 Å². The lowest BCUT2D eigenvalue weighted by Crippen LogP contribution is -2.31. The predicted octanol–water partition coefficient (Wildman–Crippen LogP) is 3.81. The number of aryl methyl sites for hydroxylation is 1. The number of fused-ring (bicyclic) bond motifs is 1. The predicted molar refractivity (Wildman–Crippen MR) is 86.6 cm³/mol. The SMILES string of the molecule is O=S(=O)(N[C@H]1CCCc2ccccc21)c1ccc(Br)cc1. The Bertz CT molecular complexity index is 741. The van der Waals surface area contributed by atoms with Crippen molar-refractivity contribution in [1.29, 1.82) is 0 Å². The maximum atomic E-state index is 12.5. The van der Waals surface area contributed by atoms with Crippen LogP contribution in [0.5, 0.6) is 0 Å². The Morgan fingerprint density at radius 2 is 1.76 bits per heavy atom. The zero-order valence-corrected chi connectivity index (χ0v) is 13.8. The molecule has 0 saturated carbocycles. The molecule has 0 aliphatic heterocycles. The third-order valence-corrected chi connectivity index (χ3v) is 5.81. The van der Waals surface area contributed by atoms with Gasteiger partial charge in [-0.1, -0.05) is 40.2 Å². The van der Waals surface area contributed by atoms with Gasteiger partial charge in [-0.3, -0.25) is 0 Å². The van der Waals surface area contributed by atoms with Crippen molar-refractivity contribution >= 4 is 26.0 Å². The van der Waals surface area contributed by atoms with Crippen molar-refractivity contribution in [1.82, 2.24) is 4.72 Å². The van der Waals surface area contributed by atoms with Crippen LogP contribution in [0.3, 0.4) is 0 Å². The van der Waals surface area contributed by atoms with Crippen LogP contribution >= 0.6 is 15.9 Å². The van der Waals surface area contributed by atoms with Crippen LogP contribution in [0.2, 0.25) is 0 Å². The van der Waals surface area contributed by atoms with Gasteiger partial charge in [-0.25, -0.2) is 13.1 Å². The van der Waals surface area contributed by atoms with Gasteiger partial charge in [0.15, 0.2) is 0 Å². The number of sulfonamides is 1. The minimum Gasteiger partial charge on any atom is -0.207 e. The van der Waals surface area contributed by atoms with Crippen LogP contribution in [-0.2, 0) is 16.4 Å². The fourth-order valence-corrected chi connectivity index (χ4v) is 4.26. The zero-order valence-electron chi connectivity index (χ0n) is 11.4. The van der Waals surface area contributed by atoms with E-state index in [2.05, 4.69) is 26.7 Å². The van der Waals surface area contributed by atoms with Crippen molar-refractivity contribution in [2.45, 2.75) is 30.2 Å². The lowest BCUT2D eigenvalue weighted by molar-refractivity contribution is 0.507. The van der Waals surface area contributed by atoms with Gasteiger partial charge in [-0.15, -0.1) is 0 Å². The summed E-state index contributed by atoms with van der Waals surface area (Å²) in [4.78, 5) is 0.300. The molecule has 1 atom stereocenters. The average Bonchev–Trinajstić information content (AvgIpc) is 2.48. The minimum absolute atomic E-state index is 0.136. The van der Waals surface area contributed by atoms with Gasteiger partial charge >= 0.3 is 0 Å². The van der Waals surface area contributed by atoms with Gasteiger partial charge in [0, 0.05) is 10.5 Å². The average molecular weight is 366 g/mol. The van der Waals surface area contributed by atoms with E-state index in [0.717, 1.165) is 29.3 Å². The molecule has 5 heteroatoms. The highest BCUT2D eigenvalue weighted by Gasteiger charge is 2.25. The van der Waals surface area contributed by atoms with Crippen molar-refractivity contribution in [2.24, 2.45) is 0 Å². The van der Waals surface area contributed by atoms with Crippen molar-refractivity contribution < 1.29 is 8.42 Å². The smallest absolute Gasteiger partial charge is 0.207 e. The maximum absolute atomic E-state index is 12.5. The second-order valence-corrected chi connectivity index (χ2v) is 7.85. The maximum Gasteiger partial charge on any atom is 0.241 e. The zero-order chi connectivity index (χ0) is 14.9. The Morgan fingerprint density at radius 3 is 2.52 bits per heavy atom. The largest absolute Gasteiger partial charge is 0.241 e. The van der Waals surface area contributed by atoms with Crippen LogP contribution in [0.4, 0.5) is 0 Å². The number of benzene rings is 2. The fraction of sp³-hybridized carbons (Fsp3) is 0.250. The molecule has 0 radical (unpaired) electrons. The molecule has 0 spiro atoms. The Kier molecular flexibility index (Phi) is 4.15. The number of nitrogens with one attached hydrogen (secondary N) is 1. The van der Waals surface area contributed by atoms with Crippen LogP contribution in [0.25, 0.3) is 0 Å². The van der Waals surface area contributed by atoms with E-state index < -0.39 is 10.0 Å². The van der Waals surface area contributed by atoms with Gasteiger partial charge in [0.2, 0.25) is 10.0 Å². The van der Waals surface area contributed by atoms with E-state index >= 15 is 0 Å². The molecule has 110 valence electrons. The molecule has 0 unspecified atom stereocenters. The molecule has 1 N–H and O–H groups in total. The summed E-state index contributed by atoms with van der Waals surface area (Å²) in [6, 6.07) is 14.6. The van der Waals surface area contributed by atoms with E-state index in [1.807, 2.05) is 18.2 Å². The first-order chi connectivity index (χ1) is 10.1. The van der Waals surface area contributed by atoms with E-state index in [9.17, 15) is 8.42 Å². The highest BCUT2D eigenvalue weighted by Crippen LogP contribution is 2.30. The third kappa shape index (κ3) is 3.20. The van der Waals surface area contributed by atoms with Crippen molar-refractivity contribution in [3.05, 3.63) is 64.1 Å². The van der Waals surface area contributed by atoms with Crippen LogP contribution in [-0.4, -0.2) is 8.42 Å². The van der Waals surface area contributed by atoms with E-state index in [1.165, 1.54) is 5.56 Å². The first-order valence-electron chi connectivity index (χ1n) is 6.92. The monoisotopic (exact) mass is 365 g/mol. The van der Waals surface area contributed by atoms with Gasteiger partial charge in [0.1, 0.15) is 0 Å². The summed E-state index contributed by atoms with van der Waals surface area (Å²) in [5.74, 6) is 0. The lowest BCUT2D eigenvalue weighted by Gasteiger charge is -2.26. The van der Waals surface area contributed by atoms with Gasteiger partial charge < -0.3 is 0 Å². The molecule has 0 saturated heterocycles. The van der Waals surface area contributed by atoms with Crippen molar-refractivity contribution in [2.75, 3.05) is 0 Å². The molecule has 0 fully saturated rings. The fourth-order valence-electron chi connectivity index (χ4n) is 2.75. The number of hydrogen-bond acceptors (Lipinski definition) is 2. The molecule has 21 heavy (non-hydrogen) atoms. The standard InChI is InChI=1S/C16H16BrNO2S/c17-13-8-10-14(11-9-13)21(19,20)18-16-7-3-5-12-4-1-2-6-15(12)16/h1-2,4,6,8-11,16,18H,3,5,7H2/t16-/m0/s1. The Morgan fingerprint density at radius 1 is 1.05 bits per heavy atom. The van der Waals surface area contributed by atoms with E-state index in [0.29, 0.717) is 4.90 Å². The van der Waals surface area contributed by atoms with Gasteiger partial charge in [-0.2, -0.15) is 0 Å². The van der Waals surface area contributed by atoms with E-state index in [1.54, 1.807) is 24.3 Å². The molecule has 1 aliphatic carbocycles. The highest BCUT2D eigenvalue weighted by atomic mass is 79.9. The molecule has 0 aromatic heterocycles. The Balaban J connectivity index is 1.88. The summed E-state index contributed by atoms with van der Waals surface area (Å²) in [6.07, 6.45) is 2.87. The summed E-state index contributed by atoms with van der Waals surface area (Å²) in [5, 5.41) is 0. The number of halogens is 1. The molecule has 2 aromatic carbocycles. The minimum atomic E-state index is -3.49. The molecule has 0 bridgehead atoms. The topological polar surface area (TPSA) is 46.2 Å². The molecule has 3 rings (SSSR count). The third-order valence-electron chi connectivity index (χ3n) is 3.79. The van der Waals surface area contributed by atoms with Gasteiger partial charge in [0.05, 0.1) is 4.90 Å². The van der Waals surface area contributed by atoms with E-state index in [4.69, 9.17) is 0 Å². The normalized spacial score (nSPS) is 18.2. The molecular weight excluding hydrogens is 350 g/mol. The van der Waals surface area contributed by atoms with Crippen LogP contribution < -0.4 is 4.72 Å². The summed E-state index contributed by atoms with van der Waals surface area (Å²) in [5.41, 5.74) is 2.34. The quantitative estimate of drug-likeness (QED) is 0.898. The van der Waals surface area contributed by atoms with Gasteiger partial charge in [0.25, 0.3) is 0 Å². The van der Waals surface area contributed by atoms with Crippen LogP contribution in [0.1, 0.15) is 30.0 Å². The summed E-state index contributed by atoms with van der Waals surface area (Å²) >= 11 is 3.32. The molecule has 3 nitrogen and oxygen atoms in total. The first kappa shape index (κ1) is 14.8. The van der Waals surface area contributed by atoms with Crippen molar-refractivity contribution in [3.8, 4) is 0 Å². The summed E-state index contributed by atoms with van der Waals surface area (Å²) < 4.78 is 28.7. The summed E-state index contributed by atoms with van der Waals surface area (Å²) in [7, 11) is -3.49. The Hall–Kier alpha value is -1.17. The molecule has 0 heterocycles. The van der Waals surface area contributed by atoms with Crippen LogP contribution in [0, 0.1) is 0 Å². The van der Waals surface area contributed by atoms with Crippen molar-refractivity contribution in [3.63, 3.8) is 0 Å². The second-order valence-electron chi connectivity index (χ2n) is 5.22. The van der Waals surface area contributed by atoms with Gasteiger partial charge in [-0.05, 0) is 54.7 Å². The summed E-state index contributed by atoms with van der Waals surface area (Å²) in [6.45, 7) is 0. The second kappa shape index (κ2) is 5.91. The molecule has 1 aliphatic rings. The first-order valence-corrected chi connectivity index (χ1v) is 9.19. The molecule has 0 amide bonds. The highest BCUT2D eigenvalue weighted by molar-refractivity contribution is 9.10. The van der Waals surface area contributed by atoms with Crippen LogP contribution in [0.15, 0.2) is 57.9 Å². The molecular formula is C16H16BrNO2S. The number of hydrogen-bond donors (Lipinski definition) is 1. The lowest BCUT2D eigenvalue weighted by atomic mass is 9.88. The molecule has 2 aromatic rings.